The Morgan fingerprint density at radius 1 is 1.07 bits per heavy atom. The Labute approximate surface area is 270 Å². The van der Waals surface area contributed by atoms with Crippen LogP contribution in [0.5, 0.6) is 0 Å². The van der Waals surface area contributed by atoms with E-state index in [1.54, 1.807) is 24.8 Å². The second-order valence-electron chi connectivity index (χ2n) is 12.4. The zero-order chi connectivity index (χ0) is 33.1. The van der Waals surface area contributed by atoms with Crippen molar-refractivity contribution in [3.8, 4) is 0 Å². The van der Waals surface area contributed by atoms with E-state index < -0.39 is 21.2 Å². The summed E-state index contributed by atoms with van der Waals surface area (Å²) in [5.41, 5.74) is 0.770. The Morgan fingerprint density at radius 3 is 2.49 bits per heavy atom. The van der Waals surface area contributed by atoms with Crippen LogP contribution in [0, 0.1) is 11.3 Å². The van der Waals surface area contributed by atoms with Gasteiger partial charge in [-0.1, -0.05) is 58.0 Å². The third-order valence-electron chi connectivity index (χ3n) is 7.24. The number of methoxy groups -OCH3 is 1. The molecule has 2 amide bonds. The molecular formula is C32H47N5O6S2. The van der Waals surface area contributed by atoms with E-state index in [4.69, 9.17) is 4.74 Å². The number of sulfonamides is 1. The van der Waals surface area contributed by atoms with E-state index in [1.165, 1.54) is 21.7 Å². The molecule has 0 saturated carbocycles. The molecule has 1 atom stereocenters. The van der Waals surface area contributed by atoms with Crippen LogP contribution < -0.4 is 16.0 Å². The van der Waals surface area contributed by atoms with Crippen molar-refractivity contribution in [2.24, 2.45) is 11.3 Å². The molecule has 3 aromatic rings. The molecule has 1 unspecified atom stereocenters. The average Bonchev–Trinajstić information content (AvgIpc) is 3.45. The lowest BCUT2D eigenvalue weighted by molar-refractivity contribution is -0.125. The van der Waals surface area contributed by atoms with E-state index >= 15 is 0 Å². The van der Waals surface area contributed by atoms with Crippen LogP contribution in [0.3, 0.4) is 0 Å². The number of nitrogens with zero attached hydrogens (tertiary/aromatic N) is 2. The van der Waals surface area contributed by atoms with Gasteiger partial charge in [-0.25, -0.2) is 13.4 Å². The maximum Gasteiger partial charge on any atom is 0.245 e. The highest BCUT2D eigenvalue weighted by molar-refractivity contribution is 7.89. The fourth-order valence-electron chi connectivity index (χ4n) is 4.91. The molecule has 0 fully saturated rings. The van der Waals surface area contributed by atoms with Gasteiger partial charge in [-0.2, -0.15) is 4.31 Å². The van der Waals surface area contributed by atoms with Crippen LogP contribution in [-0.4, -0.2) is 86.8 Å². The molecule has 13 heteroatoms. The van der Waals surface area contributed by atoms with E-state index in [-0.39, 0.29) is 61.5 Å². The molecule has 0 bridgehead atoms. The second kappa shape index (κ2) is 16.6. The summed E-state index contributed by atoms with van der Waals surface area (Å²) >= 11 is 1.35. The largest absolute Gasteiger partial charge is 0.383 e. The van der Waals surface area contributed by atoms with Gasteiger partial charge in [-0.05, 0) is 35.1 Å². The number of carbonyl (C=O) groups excluding carboxylic acids is 2. The maximum absolute atomic E-state index is 14.2. The number of hydrogen-bond acceptors (Lipinski definition) is 9. The smallest absolute Gasteiger partial charge is 0.245 e. The van der Waals surface area contributed by atoms with Crippen LogP contribution in [-0.2, 0) is 30.8 Å². The van der Waals surface area contributed by atoms with Gasteiger partial charge in [0.25, 0.3) is 0 Å². The van der Waals surface area contributed by atoms with E-state index in [2.05, 4.69) is 20.9 Å². The standard InChI is InChI=1S/C32H47N5O6S2/c1-24(2)21-37(45(41,42)26-11-12-27-28(17-26)44-23-36-27)32(40,18-25-9-7-6-8-10-25)13-14-34-29(38)19-31(3,4)22-35-30(39)20-33-15-16-43-5/h6-12,17,23-24,33,40H,13-16,18-22H2,1-5H3,(H,34,38)(H,35,39). The van der Waals surface area contributed by atoms with Gasteiger partial charge < -0.3 is 25.8 Å². The van der Waals surface area contributed by atoms with Gasteiger partial charge in [0.2, 0.25) is 21.8 Å². The normalized spacial score (nSPS) is 13.7. The Morgan fingerprint density at radius 2 is 1.80 bits per heavy atom. The van der Waals surface area contributed by atoms with E-state index in [9.17, 15) is 23.1 Å². The van der Waals surface area contributed by atoms with E-state index in [0.717, 1.165) is 10.3 Å². The third kappa shape index (κ3) is 11.1. The van der Waals surface area contributed by atoms with Crippen molar-refractivity contribution < 1.29 is 27.9 Å². The number of nitrogens with one attached hydrogen (secondary N) is 3. The number of thiazole rings is 1. The minimum atomic E-state index is -4.15. The zero-order valence-electron chi connectivity index (χ0n) is 26.8. The topological polar surface area (TPSA) is 150 Å². The number of ether oxygens (including phenoxy) is 1. The minimum Gasteiger partial charge on any atom is -0.383 e. The van der Waals surface area contributed by atoms with E-state index in [1.807, 2.05) is 58.0 Å². The predicted octanol–water partition coefficient (Wildman–Crippen LogP) is 3.15. The first-order chi connectivity index (χ1) is 21.3. The van der Waals surface area contributed by atoms with Gasteiger partial charge in [-0.15, -0.1) is 11.3 Å². The molecule has 3 rings (SSSR count). The van der Waals surface area contributed by atoms with Gasteiger partial charge in [0.05, 0.1) is 33.8 Å². The molecule has 248 valence electrons. The van der Waals surface area contributed by atoms with Crippen LogP contribution in [0.15, 0.2) is 58.9 Å². The molecule has 0 saturated heterocycles. The van der Waals surface area contributed by atoms with Gasteiger partial charge in [0.1, 0.15) is 5.72 Å². The minimum absolute atomic E-state index is 0.0350. The summed E-state index contributed by atoms with van der Waals surface area (Å²) in [5, 5.41) is 21.0. The summed E-state index contributed by atoms with van der Waals surface area (Å²) in [6.45, 7) is 9.20. The highest BCUT2D eigenvalue weighted by Crippen LogP contribution is 2.32. The van der Waals surface area contributed by atoms with Gasteiger partial charge >= 0.3 is 0 Å². The zero-order valence-corrected chi connectivity index (χ0v) is 28.5. The fourth-order valence-corrected chi connectivity index (χ4v) is 7.56. The lowest BCUT2D eigenvalue weighted by Crippen LogP contribution is -2.55. The van der Waals surface area contributed by atoms with Crippen LogP contribution in [0.2, 0.25) is 0 Å². The van der Waals surface area contributed by atoms with E-state index in [0.29, 0.717) is 25.2 Å². The first kappa shape index (κ1) is 36.5. The predicted molar refractivity (Wildman–Crippen MR) is 177 cm³/mol. The first-order valence-corrected chi connectivity index (χ1v) is 17.4. The molecule has 0 spiro atoms. The summed E-state index contributed by atoms with van der Waals surface area (Å²) < 4.78 is 35.3. The highest BCUT2D eigenvalue weighted by Gasteiger charge is 2.43. The lowest BCUT2D eigenvalue weighted by atomic mass is 9.88. The molecule has 1 aromatic heterocycles. The van der Waals surface area contributed by atoms with Gasteiger partial charge in [-0.3, -0.25) is 9.59 Å². The molecule has 4 N–H and O–H groups in total. The van der Waals surface area contributed by atoms with Gasteiger partial charge in [0, 0.05) is 52.6 Å². The molecule has 11 nitrogen and oxygen atoms in total. The fraction of sp³-hybridized carbons (Fsp3) is 0.531. The summed E-state index contributed by atoms with van der Waals surface area (Å²) in [6.07, 6.45) is 0.130. The lowest BCUT2D eigenvalue weighted by Gasteiger charge is -2.40. The van der Waals surface area contributed by atoms with Crippen LogP contribution in [0.4, 0.5) is 0 Å². The van der Waals surface area contributed by atoms with Crippen LogP contribution >= 0.6 is 11.3 Å². The van der Waals surface area contributed by atoms with Crippen LogP contribution in [0.25, 0.3) is 10.2 Å². The summed E-state index contributed by atoms with van der Waals surface area (Å²) in [4.78, 5) is 29.5. The molecular weight excluding hydrogens is 615 g/mol. The second-order valence-corrected chi connectivity index (χ2v) is 15.2. The van der Waals surface area contributed by atoms with Crippen molar-refractivity contribution >= 4 is 43.4 Å². The van der Waals surface area contributed by atoms with Crippen molar-refractivity contribution in [1.82, 2.24) is 25.2 Å². The summed E-state index contributed by atoms with van der Waals surface area (Å²) in [7, 11) is -2.56. The Bertz CT molecular complexity index is 1500. The quantitative estimate of drug-likeness (QED) is 0.113. The summed E-state index contributed by atoms with van der Waals surface area (Å²) in [5.74, 6) is -0.523. The Hall–Kier alpha value is -2.94. The molecule has 1 heterocycles. The first-order valence-electron chi connectivity index (χ1n) is 15.1. The molecule has 2 aromatic carbocycles. The number of fused-ring (bicyclic) bond motifs is 1. The molecule has 0 aliphatic heterocycles. The number of rotatable bonds is 19. The molecule has 0 radical (unpaired) electrons. The Kier molecular flexibility index (Phi) is 13.5. The molecule has 0 aliphatic carbocycles. The third-order valence-corrected chi connectivity index (χ3v) is 9.95. The number of hydrogen-bond donors (Lipinski definition) is 4. The molecule has 0 aliphatic rings. The highest BCUT2D eigenvalue weighted by atomic mass is 32.2. The van der Waals surface area contributed by atoms with Crippen molar-refractivity contribution in [2.45, 2.75) is 57.6 Å². The number of carbonyl (C=O) groups is 2. The van der Waals surface area contributed by atoms with Crippen molar-refractivity contribution in [1.29, 1.82) is 0 Å². The van der Waals surface area contributed by atoms with Crippen molar-refractivity contribution in [3.05, 3.63) is 59.6 Å². The number of aromatic nitrogens is 1. The number of benzene rings is 2. The van der Waals surface area contributed by atoms with Crippen molar-refractivity contribution in [3.63, 3.8) is 0 Å². The number of amides is 2. The van der Waals surface area contributed by atoms with Gasteiger partial charge in [0.15, 0.2) is 0 Å². The van der Waals surface area contributed by atoms with Crippen molar-refractivity contribution in [2.75, 3.05) is 46.4 Å². The average molecular weight is 662 g/mol. The molecule has 45 heavy (non-hydrogen) atoms. The SMILES string of the molecule is COCCNCC(=O)NCC(C)(C)CC(=O)NCCC(O)(Cc1ccccc1)N(CC(C)C)S(=O)(=O)c1ccc2ncsc2c1. The Balaban J connectivity index is 1.74. The number of aliphatic hydroxyl groups is 1. The summed E-state index contributed by atoms with van der Waals surface area (Å²) in [6, 6.07) is 14.0. The van der Waals surface area contributed by atoms with Crippen LogP contribution in [0.1, 0.15) is 46.1 Å². The maximum atomic E-state index is 14.2. The monoisotopic (exact) mass is 661 g/mol.